The normalized spacial score (nSPS) is 10.8. The maximum Gasteiger partial charge on any atom is 0.330 e. The highest BCUT2D eigenvalue weighted by Gasteiger charge is 2.10. The summed E-state index contributed by atoms with van der Waals surface area (Å²) in [6, 6.07) is 9.26. The van der Waals surface area contributed by atoms with E-state index in [1.54, 1.807) is 19.3 Å². The summed E-state index contributed by atoms with van der Waals surface area (Å²) in [7, 11) is 2.93. The van der Waals surface area contributed by atoms with Gasteiger partial charge < -0.3 is 13.9 Å². The number of halogens is 1. The lowest BCUT2D eigenvalue weighted by molar-refractivity contribution is -0.134. The van der Waals surface area contributed by atoms with Crippen LogP contribution in [-0.4, -0.2) is 20.2 Å². The molecule has 0 N–H and O–H groups in total. The number of furan rings is 1. The number of ether oxygens (including phenoxy) is 2. The van der Waals surface area contributed by atoms with Crippen LogP contribution in [-0.2, 0) is 9.53 Å². The molecule has 5 heteroatoms. The maximum absolute atomic E-state index is 11.0. The van der Waals surface area contributed by atoms with Crippen molar-refractivity contribution >= 4 is 28.0 Å². The number of hydrogen-bond acceptors (Lipinski definition) is 4. The van der Waals surface area contributed by atoms with E-state index in [2.05, 4.69) is 20.7 Å². The molecule has 1 heterocycles. The Hall–Kier alpha value is -2.01. The Bertz CT molecular complexity index is 643. The number of benzene rings is 1. The number of carbonyl (C=O) groups excluding carboxylic acids is 1. The molecule has 0 aliphatic rings. The van der Waals surface area contributed by atoms with Crippen LogP contribution in [0.2, 0.25) is 0 Å². The van der Waals surface area contributed by atoms with Gasteiger partial charge in [0.2, 0.25) is 0 Å². The van der Waals surface area contributed by atoms with Crippen molar-refractivity contribution in [1.82, 2.24) is 0 Å². The average molecular weight is 337 g/mol. The van der Waals surface area contributed by atoms with Crippen LogP contribution >= 0.6 is 15.9 Å². The van der Waals surface area contributed by atoms with Gasteiger partial charge in [0.05, 0.1) is 19.8 Å². The number of methoxy groups -OCH3 is 2. The molecule has 104 valence electrons. The summed E-state index contributed by atoms with van der Waals surface area (Å²) in [5.74, 6) is 1.51. The fourth-order valence-corrected chi connectivity index (χ4v) is 2.01. The summed E-state index contributed by atoms with van der Waals surface area (Å²) in [5.41, 5.74) is 0.841. The van der Waals surface area contributed by atoms with Crippen molar-refractivity contribution in [2.24, 2.45) is 0 Å². The SMILES string of the molecule is COC(=O)/C=C/c1ccc(-c2ccc(Br)cc2OC)o1. The van der Waals surface area contributed by atoms with Gasteiger partial charge >= 0.3 is 5.97 Å². The Balaban J connectivity index is 2.29. The summed E-state index contributed by atoms with van der Waals surface area (Å²) < 4.78 is 16.4. The molecular formula is C15H13BrO4. The highest BCUT2D eigenvalue weighted by molar-refractivity contribution is 9.10. The molecule has 2 rings (SSSR count). The number of carbonyl (C=O) groups is 1. The minimum Gasteiger partial charge on any atom is -0.496 e. The van der Waals surface area contributed by atoms with E-state index in [0.717, 1.165) is 10.0 Å². The molecule has 0 radical (unpaired) electrons. The van der Waals surface area contributed by atoms with Gasteiger partial charge in [0.25, 0.3) is 0 Å². The molecular weight excluding hydrogens is 324 g/mol. The van der Waals surface area contributed by atoms with Crippen LogP contribution in [0.4, 0.5) is 0 Å². The molecule has 0 spiro atoms. The first-order valence-electron chi connectivity index (χ1n) is 5.84. The molecule has 0 aliphatic heterocycles. The van der Waals surface area contributed by atoms with E-state index < -0.39 is 5.97 Å². The Kier molecular flexibility index (Phi) is 4.63. The summed E-state index contributed by atoms with van der Waals surface area (Å²) in [6.07, 6.45) is 2.86. The Morgan fingerprint density at radius 3 is 2.75 bits per heavy atom. The van der Waals surface area contributed by atoms with Gasteiger partial charge in [-0.25, -0.2) is 4.79 Å². The molecule has 0 saturated heterocycles. The van der Waals surface area contributed by atoms with Gasteiger partial charge in [0, 0.05) is 10.5 Å². The third kappa shape index (κ3) is 3.30. The van der Waals surface area contributed by atoms with Crippen LogP contribution in [0.1, 0.15) is 5.76 Å². The number of rotatable bonds is 4. The molecule has 0 saturated carbocycles. The van der Waals surface area contributed by atoms with E-state index in [4.69, 9.17) is 9.15 Å². The fraction of sp³-hybridized carbons (Fsp3) is 0.133. The molecule has 20 heavy (non-hydrogen) atoms. The molecule has 0 amide bonds. The first-order chi connectivity index (χ1) is 9.63. The van der Waals surface area contributed by atoms with Gasteiger partial charge in [-0.3, -0.25) is 0 Å². The van der Waals surface area contributed by atoms with Crippen LogP contribution in [0.25, 0.3) is 17.4 Å². The van der Waals surface area contributed by atoms with Gasteiger partial charge in [-0.1, -0.05) is 15.9 Å². The first-order valence-corrected chi connectivity index (χ1v) is 6.63. The predicted octanol–water partition coefficient (Wildman–Crippen LogP) is 3.90. The van der Waals surface area contributed by atoms with Gasteiger partial charge in [0.15, 0.2) is 0 Å². The lowest BCUT2D eigenvalue weighted by Gasteiger charge is -2.06. The predicted molar refractivity (Wildman–Crippen MR) is 79.4 cm³/mol. The van der Waals surface area contributed by atoms with E-state index in [9.17, 15) is 4.79 Å². The second kappa shape index (κ2) is 6.43. The van der Waals surface area contributed by atoms with Crippen LogP contribution < -0.4 is 4.74 Å². The maximum atomic E-state index is 11.0. The number of hydrogen-bond donors (Lipinski definition) is 0. The molecule has 2 aromatic rings. The second-order valence-electron chi connectivity index (χ2n) is 3.90. The van der Waals surface area contributed by atoms with Crippen molar-refractivity contribution in [3.05, 3.63) is 46.6 Å². The summed E-state index contributed by atoms with van der Waals surface area (Å²) in [6.45, 7) is 0. The van der Waals surface area contributed by atoms with Gasteiger partial charge in [-0.2, -0.15) is 0 Å². The quantitative estimate of drug-likeness (QED) is 0.627. The second-order valence-corrected chi connectivity index (χ2v) is 4.82. The van der Waals surface area contributed by atoms with Crippen molar-refractivity contribution in [3.8, 4) is 17.1 Å². The van der Waals surface area contributed by atoms with Crippen molar-refractivity contribution in [2.45, 2.75) is 0 Å². The van der Waals surface area contributed by atoms with Crippen LogP contribution in [0, 0.1) is 0 Å². The summed E-state index contributed by atoms with van der Waals surface area (Å²) in [5, 5.41) is 0. The zero-order valence-electron chi connectivity index (χ0n) is 11.1. The van der Waals surface area contributed by atoms with Gasteiger partial charge in [-0.15, -0.1) is 0 Å². The molecule has 0 aliphatic carbocycles. The van der Waals surface area contributed by atoms with Gasteiger partial charge in [0.1, 0.15) is 17.3 Å². The zero-order chi connectivity index (χ0) is 14.5. The highest BCUT2D eigenvalue weighted by Crippen LogP contribution is 2.33. The minimum absolute atomic E-state index is 0.427. The van der Waals surface area contributed by atoms with Crippen LogP contribution in [0.5, 0.6) is 5.75 Å². The molecule has 1 aromatic heterocycles. The van der Waals surface area contributed by atoms with E-state index in [1.165, 1.54) is 13.2 Å². The Morgan fingerprint density at radius 1 is 1.25 bits per heavy atom. The van der Waals surface area contributed by atoms with E-state index in [0.29, 0.717) is 17.3 Å². The van der Waals surface area contributed by atoms with Crippen molar-refractivity contribution < 1.29 is 18.7 Å². The fourth-order valence-electron chi connectivity index (χ4n) is 1.67. The topological polar surface area (TPSA) is 48.7 Å². The van der Waals surface area contributed by atoms with Crippen molar-refractivity contribution in [1.29, 1.82) is 0 Å². The number of esters is 1. The summed E-state index contributed by atoms with van der Waals surface area (Å²) >= 11 is 3.39. The smallest absolute Gasteiger partial charge is 0.330 e. The van der Waals surface area contributed by atoms with Crippen LogP contribution in [0.3, 0.4) is 0 Å². The highest BCUT2D eigenvalue weighted by atomic mass is 79.9. The zero-order valence-corrected chi connectivity index (χ0v) is 12.6. The average Bonchev–Trinajstić information content (AvgIpc) is 2.93. The van der Waals surface area contributed by atoms with Crippen LogP contribution in [0.15, 0.2) is 45.3 Å². The largest absolute Gasteiger partial charge is 0.496 e. The minimum atomic E-state index is -0.427. The third-order valence-corrected chi connectivity index (χ3v) is 3.13. The third-order valence-electron chi connectivity index (χ3n) is 2.64. The Labute approximate surface area is 125 Å². The van der Waals surface area contributed by atoms with E-state index in [1.807, 2.05) is 24.3 Å². The molecule has 0 unspecified atom stereocenters. The molecule has 0 fully saturated rings. The lowest BCUT2D eigenvalue weighted by atomic mass is 10.1. The van der Waals surface area contributed by atoms with E-state index in [-0.39, 0.29) is 0 Å². The lowest BCUT2D eigenvalue weighted by Crippen LogP contribution is -1.92. The monoisotopic (exact) mass is 336 g/mol. The van der Waals surface area contributed by atoms with Gasteiger partial charge in [-0.05, 0) is 36.4 Å². The standard InChI is InChI=1S/C15H13BrO4/c1-18-14-9-10(16)3-6-12(14)13-7-4-11(20-13)5-8-15(17)19-2/h3-9H,1-2H3/b8-5+. The molecule has 1 aromatic carbocycles. The van der Waals surface area contributed by atoms with E-state index >= 15 is 0 Å². The Morgan fingerprint density at radius 2 is 2.05 bits per heavy atom. The molecule has 0 bridgehead atoms. The first kappa shape index (κ1) is 14.4. The molecule has 4 nitrogen and oxygen atoms in total. The summed E-state index contributed by atoms with van der Waals surface area (Å²) in [4.78, 5) is 11.0. The van der Waals surface area contributed by atoms with Crippen molar-refractivity contribution in [3.63, 3.8) is 0 Å². The molecule has 0 atom stereocenters. The van der Waals surface area contributed by atoms with Crippen molar-refractivity contribution in [2.75, 3.05) is 14.2 Å².